The molecule has 0 bridgehead atoms. The first-order valence-corrected chi connectivity index (χ1v) is 12.2. The third-order valence-corrected chi connectivity index (χ3v) is 6.94. The van der Waals surface area contributed by atoms with Gasteiger partial charge in [-0.3, -0.25) is 0 Å². The SMILES string of the molecule is CCCCCC1CCC(c2ccc(-c3ccccc3C(F)C(F)(F)CCC)cc2)CC1. The zero-order valence-electron chi connectivity index (χ0n) is 19.1. The maximum atomic E-state index is 14.8. The number of rotatable bonds is 10. The molecule has 1 aliphatic rings. The molecule has 2 aromatic carbocycles. The van der Waals surface area contributed by atoms with Crippen LogP contribution in [-0.2, 0) is 0 Å². The van der Waals surface area contributed by atoms with Gasteiger partial charge in [0.15, 0.2) is 6.17 Å². The summed E-state index contributed by atoms with van der Waals surface area (Å²) in [5, 5.41) is 0. The van der Waals surface area contributed by atoms with Crippen LogP contribution >= 0.6 is 0 Å². The minimum Gasteiger partial charge on any atom is -0.236 e. The van der Waals surface area contributed by atoms with E-state index in [1.165, 1.54) is 63.0 Å². The summed E-state index contributed by atoms with van der Waals surface area (Å²) in [6.45, 7) is 3.91. The molecule has 1 saturated carbocycles. The van der Waals surface area contributed by atoms with Crippen molar-refractivity contribution in [3.63, 3.8) is 0 Å². The molecule has 1 fully saturated rings. The first-order chi connectivity index (χ1) is 15.0. The molecule has 0 spiro atoms. The van der Waals surface area contributed by atoms with Crippen molar-refractivity contribution in [1.29, 1.82) is 0 Å². The van der Waals surface area contributed by atoms with E-state index in [1.54, 1.807) is 25.1 Å². The Kier molecular flexibility index (Phi) is 8.63. The third kappa shape index (κ3) is 6.14. The molecular weight excluding hydrogens is 393 g/mol. The second-order valence-electron chi connectivity index (χ2n) is 9.30. The van der Waals surface area contributed by atoms with Crippen molar-refractivity contribution >= 4 is 0 Å². The van der Waals surface area contributed by atoms with Crippen LogP contribution in [-0.4, -0.2) is 5.92 Å². The molecule has 0 nitrogen and oxygen atoms in total. The molecule has 1 unspecified atom stereocenters. The lowest BCUT2D eigenvalue weighted by Crippen LogP contribution is -2.23. The van der Waals surface area contributed by atoms with Gasteiger partial charge in [0.1, 0.15) is 0 Å². The highest BCUT2D eigenvalue weighted by molar-refractivity contribution is 5.68. The van der Waals surface area contributed by atoms with Crippen LogP contribution in [0.3, 0.4) is 0 Å². The van der Waals surface area contributed by atoms with Gasteiger partial charge < -0.3 is 0 Å². The van der Waals surface area contributed by atoms with Crippen LogP contribution in [0.15, 0.2) is 48.5 Å². The van der Waals surface area contributed by atoms with Crippen LogP contribution in [0.1, 0.15) is 101 Å². The minimum absolute atomic E-state index is 0.0845. The van der Waals surface area contributed by atoms with Crippen LogP contribution in [0.5, 0.6) is 0 Å². The minimum atomic E-state index is -3.35. The lowest BCUT2D eigenvalue weighted by Gasteiger charge is -2.29. The third-order valence-electron chi connectivity index (χ3n) is 6.94. The van der Waals surface area contributed by atoms with Gasteiger partial charge in [-0.1, -0.05) is 94.5 Å². The summed E-state index contributed by atoms with van der Waals surface area (Å²) in [6.07, 6.45) is 7.92. The lowest BCUT2D eigenvalue weighted by atomic mass is 9.77. The number of alkyl halides is 3. The van der Waals surface area contributed by atoms with Gasteiger partial charge in [-0.25, -0.2) is 13.2 Å². The highest BCUT2D eigenvalue weighted by Crippen LogP contribution is 2.43. The summed E-state index contributed by atoms with van der Waals surface area (Å²) in [5.74, 6) is -1.89. The quantitative estimate of drug-likeness (QED) is 0.329. The Morgan fingerprint density at radius 2 is 1.55 bits per heavy atom. The van der Waals surface area contributed by atoms with Gasteiger partial charge in [0.05, 0.1) is 0 Å². The summed E-state index contributed by atoms with van der Waals surface area (Å²) in [5.41, 5.74) is 2.78. The number of hydrogen-bond donors (Lipinski definition) is 0. The topological polar surface area (TPSA) is 0 Å². The summed E-state index contributed by atoms with van der Waals surface area (Å²) >= 11 is 0. The fourth-order valence-electron chi connectivity index (χ4n) is 5.07. The lowest BCUT2D eigenvalue weighted by molar-refractivity contribution is -0.0805. The fraction of sp³-hybridized carbons (Fsp3) is 0.571. The molecule has 1 aliphatic carbocycles. The molecule has 3 rings (SSSR count). The second kappa shape index (κ2) is 11.2. The monoisotopic (exact) mass is 430 g/mol. The van der Waals surface area contributed by atoms with E-state index in [0.717, 1.165) is 11.5 Å². The fourth-order valence-corrected chi connectivity index (χ4v) is 5.07. The van der Waals surface area contributed by atoms with Crippen molar-refractivity contribution < 1.29 is 13.2 Å². The maximum absolute atomic E-state index is 14.8. The van der Waals surface area contributed by atoms with Crippen molar-refractivity contribution in [2.24, 2.45) is 5.92 Å². The molecule has 1 atom stereocenters. The van der Waals surface area contributed by atoms with E-state index in [1.807, 2.05) is 12.1 Å². The van der Waals surface area contributed by atoms with E-state index in [4.69, 9.17) is 0 Å². The standard InChI is InChI=1S/C28H37F3/c1-3-5-6-9-21-12-14-22(15-13-21)23-16-18-24(19-17-23)25-10-7-8-11-26(25)27(29)28(30,31)20-4-2/h7-8,10-11,16-19,21-22,27H,3-6,9,12-15,20H2,1-2H3. The van der Waals surface area contributed by atoms with Crippen molar-refractivity contribution in [3.05, 3.63) is 59.7 Å². The summed E-state index contributed by atoms with van der Waals surface area (Å²) in [6, 6.07) is 14.9. The van der Waals surface area contributed by atoms with Gasteiger partial charge in [-0.2, -0.15) is 0 Å². The van der Waals surface area contributed by atoms with Gasteiger partial charge in [0.2, 0.25) is 0 Å². The van der Waals surface area contributed by atoms with E-state index in [2.05, 4.69) is 19.1 Å². The van der Waals surface area contributed by atoms with Gasteiger partial charge in [0.25, 0.3) is 5.92 Å². The normalized spacial score (nSPS) is 20.5. The molecule has 0 N–H and O–H groups in total. The second-order valence-corrected chi connectivity index (χ2v) is 9.30. The highest BCUT2D eigenvalue weighted by Gasteiger charge is 2.41. The molecule has 0 amide bonds. The largest absolute Gasteiger partial charge is 0.282 e. The number of benzene rings is 2. The van der Waals surface area contributed by atoms with E-state index >= 15 is 0 Å². The first-order valence-electron chi connectivity index (χ1n) is 12.2. The van der Waals surface area contributed by atoms with E-state index in [-0.39, 0.29) is 12.0 Å². The van der Waals surface area contributed by atoms with E-state index in [0.29, 0.717) is 11.5 Å². The Morgan fingerprint density at radius 3 is 2.19 bits per heavy atom. The molecule has 0 aliphatic heterocycles. The number of hydrogen-bond acceptors (Lipinski definition) is 0. The van der Waals surface area contributed by atoms with Crippen molar-refractivity contribution in [2.45, 2.75) is 96.1 Å². The molecule has 0 aromatic heterocycles. The van der Waals surface area contributed by atoms with Crippen molar-refractivity contribution in [3.8, 4) is 11.1 Å². The van der Waals surface area contributed by atoms with Crippen molar-refractivity contribution in [2.75, 3.05) is 0 Å². The zero-order chi connectivity index (χ0) is 22.3. The molecule has 0 radical (unpaired) electrons. The Hall–Kier alpha value is -1.77. The molecule has 0 heterocycles. The first kappa shape index (κ1) is 23.9. The summed E-state index contributed by atoms with van der Waals surface area (Å²) in [7, 11) is 0. The van der Waals surface area contributed by atoms with Crippen molar-refractivity contribution in [1.82, 2.24) is 0 Å². The van der Waals surface area contributed by atoms with Gasteiger partial charge in [0, 0.05) is 6.42 Å². The molecule has 2 aromatic rings. The van der Waals surface area contributed by atoms with Crippen LogP contribution in [0.2, 0.25) is 0 Å². The molecule has 0 saturated heterocycles. The van der Waals surface area contributed by atoms with Crippen LogP contribution in [0, 0.1) is 5.92 Å². The average molecular weight is 431 g/mol. The molecule has 3 heteroatoms. The Morgan fingerprint density at radius 1 is 0.871 bits per heavy atom. The smallest absolute Gasteiger partial charge is 0.236 e. The Balaban J connectivity index is 1.69. The zero-order valence-corrected chi connectivity index (χ0v) is 19.1. The van der Waals surface area contributed by atoms with Crippen LogP contribution < -0.4 is 0 Å². The molecule has 31 heavy (non-hydrogen) atoms. The molecule has 170 valence electrons. The average Bonchev–Trinajstić information content (AvgIpc) is 2.79. The predicted octanol–water partition coefficient (Wildman–Crippen LogP) is 9.65. The van der Waals surface area contributed by atoms with E-state index in [9.17, 15) is 13.2 Å². The van der Waals surface area contributed by atoms with Gasteiger partial charge >= 0.3 is 0 Å². The maximum Gasteiger partial charge on any atom is 0.282 e. The number of unbranched alkanes of at least 4 members (excludes halogenated alkanes) is 2. The Bertz CT molecular complexity index is 788. The summed E-state index contributed by atoms with van der Waals surface area (Å²) in [4.78, 5) is 0. The van der Waals surface area contributed by atoms with Crippen LogP contribution in [0.4, 0.5) is 13.2 Å². The van der Waals surface area contributed by atoms with Gasteiger partial charge in [-0.05, 0) is 59.8 Å². The number of halogens is 3. The van der Waals surface area contributed by atoms with Gasteiger partial charge in [-0.15, -0.1) is 0 Å². The molecular formula is C28H37F3. The predicted molar refractivity (Wildman–Crippen MR) is 124 cm³/mol. The van der Waals surface area contributed by atoms with Crippen LogP contribution in [0.25, 0.3) is 11.1 Å². The highest BCUT2D eigenvalue weighted by atomic mass is 19.3. The van der Waals surface area contributed by atoms with E-state index < -0.39 is 18.5 Å². The Labute approximate surface area is 186 Å². The summed E-state index contributed by atoms with van der Waals surface area (Å²) < 4.78 is 43.3.